The van der Waals surface area contributed by atoms with Gasteiger partial charge in [-0.25, -0.2) is 9.97 Å². The molecule has 8 heteroatoms. The lowest BCUT2D eigenvalue weighted by molar-refractivity contribution is 0.0951. The summed E-state index contributed by atoms with van der Waals surface area (Å²) >= 11 is 0. The van der Waals surface area contributed by atoms with Crippen LogP contribution in [0.4, 0.5) is 0 Å². The Hall–Kier alpha value is -2.41. The highest BCUT2D eigenvalue weighted by atomic mass is 35.5. The zero-order valence-corrected chi connectivity index (χ0v) is 17.4. The average molecular weight is 422 g/mol. The summed E-state index contributed by atoms with van der Waals surface area (Å²) in [4.78, 5) is 20.6. The first-order chi connectivity index (χ1) is 12.5. The van der Waals surface area contributed by atoms with Gasteiger partial charge in [-0.15, -0.1) is 24.8 Å². The van der Waals surface area contributed by atoms with Gasteiger partial charge in [0.25, 0.3) is 5.91 Å². The van der Waals surface area contributed by atoms with Gasteiger partial charge in [0, 0.05) is 31.2 Å². The highest BCUT2D eigenvalue weighted by molar-refractivity contribution is 5.93. The van der Waals surface area contributed by atoms with Crippen molar-refractivity contribution in [3.05, 3.63) is 78.0 Å². The van der Waals surface area contributed by atoms with E-state index in [-0.39, 0.29) is 36.8 Å². The van der Waals surface area contributed by atoms with Crippen molar-refractivity contribution in [2.45, 2.75) is 25.8 Å². The van der Waals surface area contributed by atoms with Gasteiger partial charge in [0.2, 0.25) is 0 Å². The maximum absolute atomic E-state index is 12.3. The number of nitrogens with zero attached hydrogens (tertiary/aromatic N) is 3. The molecule has 0 spiro atoms. The first kappa shape index (κ1) is 23.6. The van der Waals surface area contributed by atoms with Gasteiger partial charge in [0.1, 0.15) is 12.1 Å². The van der Waals surface area contributed by atoms with Crippen LogP contribution in [0.2, 0.25) is 0 Å². The predicted molar refractivity (Wildman–Crippen MR) is 116 cm³/mol. The van der Waals surface area contributed by atoms with E-state index in [9.17, 15) is 4.79 Å². The second kappa shape index (κ2) is 10.8. The van der Waals surface area contributed by atoms with Gasteiger partial charge in [-0.2, -0.15) is 0 Å². The van der Waals surface area contributed by atoms with Gasteiger partial charge in [0.15, 0.2) is 0 Å². The van der Waals surface area contributed by atoms with Crippen LogP contribution >= 0.6 is 24.8 Å². The standard InChI is InChI=1S/C20H23N5O.2ClH/c1-14(2)15-3-5-16(6-4-15)18(21)12-24-20(26)17-7-8-19(23-11-17)25-10-9-22-13-25;;/h3-11,13-14,18H,12,21H2,1-2H3,(H,24,26);2*1H. The molecule has 1 aromatic carbocycles. The Labute approximate surface area is 177 Å². The number of imidazole rings is 1. The van der Waals surface area contributed by atoms with Gasteiger partial charge < -0.3 is 11.1 Å². The van der Waals surface area contributed by atoms with Crippen molar-refractivity contribution in [3.63, 3.8) is 0 Å². The SMILES string of the molecule is CC(C)c1ccc(C(N)CNC(=O)c2ccc(-n3ccnc3)nc2)cc1.Cl.Cl. The number of amides is 1. The zero-order chi connectivity index (χ0) is 18.5. The first-order valence-electron chi connectivity index (χ1n) is 8.62. The molecule has 1 atom stereocenters. The Bertz CT molecular complexity index is 849. The number of nitrogens with two attached hydrogens (primary N) is 1. The molecule has 1 amide bonds. The molecular weight excluding hydrogens is 397 g/mol. The minimum Gasteiger partial charge on any atom is -0.350 e. The van der Waals surface area contributed by atoms with Crippen molar-refractivity contribution in [2.24, 2.45) is 5.73 Å². The van der Waals surface area contributed by atoms with E-state index >= 15 is 0 Å². The van der Waals surface area contributed by atoms with E-state index in [1.165, 1.54) is 5.56 Å². The molecule has 0 bridgehead atoms. The number of pyridine rings is 1. The Morgan fingerprint density at radius 2 is 1.79 bits per heavy atom. The molecule has 0 fully saturated rings. The van der Waals surface area contributed by atoms with Crippen LogP contribution in [-0.2, 0) is 0 Å². The molecule has 1 unspecified atom stereocenters. The molecule has 6 nitrogen and oxygen atoms in total. The summed E-state index contributed by atoms with van der Waals surface area (Å²) in [6.45, 7) is 4.67. The third-order valence-corrected chi connectivity index (χ3v) is 4.29. The van der Waals surface area contributed by atoms with E-state index in [0.29, 0.717) is 23.8 Å². The van der Waals surface area contributed by atoms with E-state index in [2.05, 4.69) is 41.3 Å². The maximum atomic E-state index is 12.3. The number of hydrogen-bond acceptors (Lipinski definition) is 4. The van der Waals surface area contributed by atoms with Gasteiger partial charge in [-0.3, -0.25) is 9.36 Å². The number of carbonyl (C=O) groups is 1. The lowest BCUT2D eigenvalue weighted by atomic mass is 9.99. The minimum atomic E-state index is -0.252. The smallest absolute Gasteiger partial charge is 0.252 e. The molecular formula is C20H25Cl2N5O. The highest BCUT2D eigenvalue weighted by Crippen LogP contribution is 2.17. The summed E-state index contributed by atoms with van der Waals surface area (Å²) in [6, 6.07) is 11.5. The number of carbonyl (C=O) groups excluding carboxylic acids is 1. The molecule has 2 aromatic heterocycles. The molecule has 0 radical (unpaired) electrons. The molecule has 0 aliphatic carbocycles. The Kier molecular flexibility index (Phi) is 9.12. The number of nitrogens with one attached hydrogen (secondary N) is 1. The van der Waals surface area contributed by atoms with Gasteiger partial charge in [-0.05, 0) is 29.2 Å². The molecule has 28 heavy (non-hydrogen) atoms. The molecule has 3 aromatic rings. The second-order valence-corrected chi connectivity index (χ2v) is 6.51. The average Bonchev–Trinajstić information content (AvgIpc) is 3.21. The molecule has 0 saturated carbocycles. The van der Waals surface area contributed by atoms with Gasteiger partial charge >= 0.3 is 0 Å². The third-order valence-electron chi connectivity index (χ3n) is 4.29. The summed E-state index contributed by atoms with van der Waals surface area (Å²) in [5, 5.41) is 2.87. The summed E-state index contributed by atoms with van der Waals surface area (Å²) in [5.41, 5.74) is 8.97. The van der Waals surface area contributed by atoms with E-state index < -0.39 is 0 Å². The lowest BCUT2D eigenvalue weighted by Gasteiger charge is -2.14. The molecule has 150 valence electrons. The lowest BCUT2D eigenvalue weighted by Crippen LogP contribution is -2.32. The monoisotopic (exact) mass is 421 g/mol. The molecule has 0 aliphatic rings. The fourth-order valence-electron chi connectivity index (χ4n) is 2.62. The molecule has 3 rings (SSSR count). The van der Waals surface area contributed by atoms with Gasteiger partial charge in [-0.1, -0.05) is 38.1 Å². The summed E-state index contributed by atoms with van der Waals surface area (Å²) in [6.07, 6.45) is 6.68. The number of rotatable bonds is 6. The fraction of sp³-hybridized carbons (Fsp3) is 0.250. The summed E-state index contributed by atoms with van der Waals surface area (Å²) in [7, 11) is 0. The zero-order valence-electron chi connectivity index (χ0n) is 15.8. The van der Waals surface area contributed by atoms with E-state index in [0.717, 1.165) is 5.56 Å². The van der Waals surface area contributed by atoms with Gasteiger partial charge in [0.05, 0.1) is 5.56 Å². The Morgan fingerprint density at radius 1 is 1.11 bits per heavy atom. The van der Waals surface area contributed by atoms with Crippen LogP contribution in [0.25, 0.3) is 5.82 Å². The van der Waals surface area contributed by atoms with Crippen LogP contribution in [0.15, 0.2) is 61.3 Å². The fourth-order valence-corrected chi connectivity index (χ4v) is 2.62. The Balaban J connectivity index is 0.00000196. The van der Waals surface area contributed by atoms with E-state index in [4.69, 9.17) is 5.73 Å². The van der Waals surface area contributed by atoms with Crippen molar-refractivity contribution >= 4 is 30.7 Å². The van der Waals surface area contributed by atoms with Crippen LogP contribution < -0.4 is 11.1 Å². The minimum absolute atomic E-state index is 0. The largest absolute Gasteiger partial charge is 0.350 e. The number of aromatic nitrogens is 3. The molecule has 0 saturated heterocycles. The molecule has 3 N–H and O–H groups in total. The van der Waals surface area contributed by atoms with Crippen molar-refractivity contribution in [2.75, 3.05) is 6.54 Å². The normalized spacial score (nSPS) is 11.3. The van der Waals surface area contributed by atoms with E-state index in [1.54, 1.807) is 41.6 Å². The third kappa shape index (κ3) is 5.79. The van der Waals surface area contributed by atoms with Crippen molar-refractivity contribution in [3.8, 4) is 5.82 Å². The first-order valence-corrected chi connectivity index (χ1v) is 8.62. The summed E-state index contributed by atoms with van der Waals surface area (Å²) in [5.74, 6) is 1.00. The summed E-state index contributed by atoms with van der Waals surface area (Å²) < 4.78 is 1.78. The quantitative estimate of drug-likeness (QED) is 0.635. The molecule has 2 heterocycles. The van der Waals surface area contributed by atoms with Crippen molar-refractivity contribution in [1.29, 1.82) is 0 Å². The Morgan fingerprint density at radius 3 is 2.32 bits per heavy atom. The number of benzene rings is 1. The van der Waals surface area contributed by atoms with Crippen LogP contribution in [0, 0.1) is 0 Å². The van der Waals surface area contributed by atoms with E-state index in [1.807, 2.05) is 12.1 Å². The van der Waals surface area contributed by atoms with Crippen LogP contribution in [0.5, 0.6) is 0 Å². The highest BCUT2D eigenvalue weighted by Gasteiger charge is 2.11. The molecule has 0 aliphatic heterocycles. The topological polar surface area (TPSA) is 85.8 Å². The second-order valence-electron chi connectivity index (χ2n) is 6.51. The maximum Gasteiger partial charge on any atom is 0.252 e. The van der Waals surface area contributed by atoms with Crippen LogP contribution in [0.1, 0.15) is 47.3 Å². The number of halogens is 2. The number of hydrogen-bond donors (Lipinski definition) is 2. The predicted octanol–water partition coefficient (Wildman–Crippen LogP) is 3.66. The van der Waals surface area contributed by atoms with Crippen molar-refractivity contribution in [1.82, 2.24) is 19.9 Å². The van der Waals surface area contributed by atoms with Crippen LogP contribution in [-0.4, -0.2) is 27.0 Å². The van der Waals surface area contributed by atoms with Crippen molar-refractivity contribution < 1.29 is 4.79 Å². The van der Waals surface area contributed by atoms with Crippen LogP contribution in [0.3, 0.4) is 0 Å².